The maximum absolute atomic E-state index is 12.1. The van der Waals surface area contributed by atoms with Crippen LogP contribution in [0.5, 0.6) is 0 Å². The maximum atomic E-state index is 12.1. The topological polar surface area (TPSA) is 44.4 Å². The van der Waals surface area contributed by atoms with Crippen molar-refractivity contribution < 1.29 is 4.79 Å². The van der Waals surface area contributed by atoms with Crippen molar-refractivity contribution in [2.75, 3.05) is 43.2 Å². The van der Waals surface area contributed by atoms with Crippen LogP contribution in [0.15, 0.2) is 18.2 Å². The highest BCUT2D eigenvalue weighted by molar-refractivity contribution is 8.00. The van der Waals surface area contributed by atoms with Crippen LogP contribution in [0.2, 0.25) is 0 Å². The van der Waals surface area contributed by atoms with Gasteiger partial charge in [0.2, 0.25) is 5.91 Å². The zero-order valence-electron chi connectivity index (χ0n) is 13.1. The van der Waals surface area contributed by atoms with Crippen LogP contribution in [0.1, 0.15) is 18.4 Å². The molecule has 0 saturated carbocycles. The fraction of sp³-hybridized carbons (Fsp3) is 0.562. The second-order valence-corrected chi connectivity index (χ2v) is 6.99. The van der Waals surface area contributed by atoms with Gasteiger partial charge in [-0.3, -0.25) is 4.79 Å². The minimum Gasteiger partial charge on any atom is -0.378 e. The maximum Gasteiger partial charge on any atom is 0.234 e. The molecule has 1 amide bonds. The molecule has 1 aliphatic rings. The molecule has 0 bridgehead atoms. The number of thioether (sulfide) groups is 1. The monoisotopic (exact) mass is 307 g/mol. The van der Waals surface area contributed by atoms with Crippen molar-refractivity contribution in [1.82, 2.24) is 5.32 Å². The number of aryl methyl sites for hydroxylation is 1. The summed E-state index contributed by atoms with van der Waals surface area (Å²) >= 11 is 1.78. The number of hydrogen-bond donors (Lipinski definition) is 2. The fourth-order valence-corrected chi connectivity index (χ4v) is 3.44. The summed E-state index contributed by atoms with van der Waals surface area (Å²) in [6, 6.07) is 6.11. The predicted molar refractivity (Wildman–Crippen MR) is 92.5 cm³/mol. The average molecular weight is 307 g/mol. The molecule has 0 spiro atoms. The van der Waals surface area contributed by atoms with Gasteiger partial charge in [0.1, 0.15) is 0 Å². The molecule has 1 aromatic rings. The lowest BCUT2D eigenvalue weighted by Crippen LogP contribution is -2.30. The molecule has 21 heavy (non-hydrogen) atoms. The summed E-state index contributed by atoms with van der Waals surface area (Å²) in [4.78, 5) is 14.1. The summed E-state index contributed by atoms with van der Waals surface area (Å²) in [6.45, 7) is 4.18. The van der Waals surface area contributed by atoms with Gasteiger partial charge in [-0.2, -0.15) is 0 Å². The summed E-state index contributed by atoms with van der Waals surface area (Å²) in [5.41, 5.74) is 3.16. The number of rotatable bonds is 5. The molecule has 1 saturated heterocycles. The van der Waals surface area contributed by atoms with E-state index in [-0.39, 0.29) is 5.91 Å². The lowest BCUT2D eigenvalue weighted by Gasteiger charge is -2.21. The van der Waals surface area contributed by atoms with Crippen LogP contribution in [0.4, 0.5) is 11.4 Å². The van der Waals surface area contributed by atoms with E-state index in [2.05, 4.69) is 21.6 Å². The largest absolute Gasteiger partial charge is 0.378 e. The van der Waals surface area contributed by atoms with E-state index in [1.807, 2.05) is 33.2 Å². The molecule has 0 unspecified atom stereocenters. The Bertz CT molecular complexity index is 484. The lowest BCUT2D eigenvalue weighted by molar-refractivity contribution is -0.113. The van der Waals surface area contributed by atoms with E-state index in [0.29, 0.717) is 11.0 Å². The number of anilines is 2. The number of carbonyl (C=O) groups excluding carboxylic acids is 1. The Balaban J connectivity index is 1.84. The molecule has 5 heteroatoms. The Hall–Kier alpha value is -1.20. The van der Waals surface area contributed by atoms with Gasteiger partial charge in [0.05, 0.1) is 5.75 Å². The summed E-state index contributed by atoms with van der Waals surface area (Å²) in [5, 5.41) is 6.99. The van der Waals surface area contributed by atoms with Gasteiger partial charge in [0.15, 0.2) is 0 Å². The average Bonchev–Trinajstić information content (AvgIpc) is 2.48. The highest BCUT2D eigenvalue weighted by atomic mass is 32.2. The van der Waals surface area contributed by atoms with Gasteiger partial charge < -0.3 is 15.5 Å². The molecule has 1 aromatic carbocycles. The molecule has 1 fully saturated rings. The molecule has 1 aliphatic heterocycles. The van der Waals surface area contributed by atoms with Crippen molar-refractivity contribution in [1.29, 1.82) is 0 Å². The van der Waals surface area contributed by atoms with Crippen molar-refractivity contribution in [3.63, 3.8) is 0 Å². The predicted octanol–water partition coefficient (Wildman–Crippen LogP) is 2.48. The standard InChI is InChI=1S/C16H25N3OS/c1-12-10-13(19(2)3)4-5-15(12)18-16(20)11-21-14-6-8-17-9-7-14/h4-5,10,14,17H,6-9,11H2,1-3H3,(H,18,20). The first kappa shape index (κ1) is 16.2. The van der Waals surface area contributed by atoms with Crippen LogP contribution in [0, 0.1) is 6.92 Å². The minimum atomic E-state index is 0.0965. The molecule has 0 aliphatic carbocycles. The first-order chi connectivity index (χ1) is 10.1. The molecule has 1 heterocycles. The van der Waals surface area contributed by atoms with Crippen molar-refractivity contribution in [2.24, 2.45) is 0 Å². The smallest absolute Gasteiger partial charge is 0.234 e. The van der Waals surface area contributed by atoms with Crippen LogP contribution < -0.4 is 15.5 Å². The lowest BCUT2D eigenvalue weighted by atomic mass is 10.1. The van der Waals surface area contributed by atoms with Gasteiger partial charge in [-0.1, -0.05) is 0 Å². The van der Waals surface area contributed by atoms with E-state index in [0.717, 1.165) is 42.9 Å². The fourth-order valence-electron chi connectivity index (χ4n) is 2.41. The molecule has 116 valence electrons. The molecule has 2 N–H and O–H groups in total. The van der Waals surface area contributed by atoms with Crippen molar-refractivity contribution >= 4 is 29.0 Å². The summed E-state index contributed by atoms with van der Waals surface area (Å²) in [7, 11) is 4.03. The number of benzene rings is 1. The second kappa shape index (κ2) is 7.71. The van der Waals surface area contributed by atoms with Gasteiger partial charge >= 0.3 is 0 Å². The summed E-state index contributed by atoms with van der Waals surface area (Å²) in [5.74, 6) is 0.638. The molecule has 4 nitrogen and oxygen atoms in total. The minimum absolute atomic E-state index is 0.0965. The number of hydrogen-bond acceptors (Lipinski definition) is 4. The van der Waals surface area contributed by atoms with Crippen LogP contribution in [-0.4, -0.2) is 44.1 Å². The third kappa shape index (κ3) is 4.93. The van der Waals surface area contributed by atoms with E-state index in [1.165, 1.54) is 0 Å². The van der Waals surface area contributed by atoms with Crippen LogP contribution in [0.25, 0.3) is 0 Å². The number of amides is 1. The number of piperidine rings is 1. The van der Waals surface area contributed by atoms with Crippen LogP contribution in [-0.2, 0) is 4.79 Å². The quantitative estimate of drug-likeness (QED) is 0.877. The molecular formula is C16H25N3OS. The number of carbonyl (C=O) groups is 1. The van der Waals surface area contributed by atoms with Gasteiger partial charge in [-0.15, -0.1) is 11.8 Å². The van der Waals surface area contributed by atoms with E-state index >= 15 is 0 Å². The van der Waals surface area contributed by atoms with E-state index in [1.54, 1.807) is 11.8 Å². The van der Waals surface area contributed by atoms with Gasteiger partial charge in [-0.25, -0.2) is 0 Å². The van der Waals surface area contributed by atoms with E-state index in [4.69, 9.17) is 0 Å². The Morgan fingerprint density at radius 2 is 2.10 bits per heavy atom. The van der Waals surface area contributed by atoms with Gasteiger partial charge in [0.25, 0.3) is 0 Å². The highest BCUT2D eigenvalue weighted by Crippen LogP contribution is 2.23. The zero-order valence-corrected chi connectivity index (χ0v) is 13.9. The Kier molecular flexibility index (Phi) is 5.94. The van der Waals surface area contributed by atoms with Gasteiger partial charge in [-0.05, 0) is 56.6 Å². The second-order valence-electron chi connectivity index (χ2n) is 5.70. The van der Waals surface area contributed by atoms with Gasteiger partial charge in [0, 0.05) is 30.7 Å². The first-order valence-electron chi connectivity index (χ1n) is 7.46. The molecule has 2 rings (SSSR count). The van der Waals surface area contributed by atoms with E-state index < -0.39 is 0 Å². The number of nitrogens with one attached hydrogen (secondary N) is 2. The molecular weight excluding hydrogens is 282 g/mol. The highest BCUT2D eigenvalue weighted by Gasteiger charge is 2.15. The molecule has 0 aromatic heterocycles. The zero-order chi connectivity index (χ0) is 15.2. The Labute approximate surface area is 131 Å². The van der Waals surface area contributed by atoms with Crippen LogP contribution in [0.3, 0.4) is 0 Å². The molecule has 0 atom stereocenters. The third-order valence-electron chi connectivity index (χ3n) is 3.74. The number of nitrogens with zero attached hydrogens (tertiary/aromatic N) is 1. The summed E-state index contributed by atoms with van der Waals surface area (Å²) in [6.07, 6.45) is 2.32. The Morgan fingerprint density at radius 1 is 1.38 bits per heavy atom. The van der Waals surface area contributed by atoms with Crippen molar-refractivity contribution in [3.8, 4) is 0 Å². The van der Waals surface area contributed by atoms with Crippen molar-refractivity contribution in [3.05, 3.63) is 23.8 Å². The van der Waals surface area contributed by atoms with Crippen molar-refractivity contribution in [2.45, 2.75) is 25.0 Å². The third-order valence-corrected chi connectivity index (χ3v) is 5.11. The SMILES string of the molecule is Cc1cc(N(C)C)ccc1NC(=O)CSC1CCNCC1. The Morgan fingerprint density at radius 3 is 2.71 bits per heavy atom. The van der Waals surface area contributed by atoms with Crippen LogP contribution >= 0.6 is 11.8 Å². The normalized spacial score (nSPS) is 15.8. The molecule has 0 radical (unpaired) electrons. The first-order valence-corrected chi connectivity index (χ1v) is 8.51. The summed E-state index contributed by atoms with van der Waals surface area (Å²) < 4.78 is 0. The van der Waals surface area contributed by atoms with E-state index in [9.17, 15) is 4.79 Å².